The molecule has 4 rings (SSSR count). The van der Waals surface area contributed by atoms with Crippen molar-refractivity contribution in [1.82, 2.24) is 4.98 Å². The molecular weight excluding hydrogens is 469 g/mol. The van der Waals surface area contributed by atoms with Crippen molar-refractivity contribution in [2.24, 2.45) is 0 Å². The Morgan fingerprint density at radius 1 is 1.30 bits per heavy atom. The van der Waals surface area contributed by atoms with E-state index in [1.165, 1.54) is 30.4 Å². The first-order valence-electron chi connectivity index (χ1n) is 8.94. The number of fused-ring (bicyclic) bond motifs is 1. The standard InChI is InChI=1S/C22H15BrFN3O2S/c1-11-8-14(23)9-16-19(21(12(2)28)29-20(11)16)27(3)22-26-18(17(10-25)30-22)13-4-6-15(24)7-5-13/h4-9H,1-3H3. The average molecular weight is 484 g/mol. The average Bonchev–Trinajstić information content (AvgIpc) is 3.30. The van der Waals surface area contributed by atoms with Crippen LogP contribution in [0.4, 0.5) is 15.2 Å². The molecule has 8 heteroatoms. The van der Waals surface area contributed by atoms with E-state index in [1.807, 2.05) is 19.1 Å². The monoisotopic (exact) mass is 483 g/mol. The van der Waals surface area contributed by atoms with E-state index >= 15 is 0 Å². The Morgan fingerprint density at radius 2 is 2.00 bits per heavy atom. The summed E-state index contributed by atoms with van der Waals surface area (Å²) in [7, 11) is 1.78. The molecule has 150 valence electrons. The quantitative estimate of drug-likeness (QED) is 0.305. The van der Waals surface area contributed by atoms with Crippen LogP contribution in [0, 0.1) is 24.1 Å². The topological polar surface area (TPSA) is 70.1 Å². The second-order valence-electron chi connectivity index (χ2n) is 6.79. The first kappa shape index (κ1) is 20.3. The third-order valence-electron chi connectivity index (χ3n) is 4.69. The highest BCUT2D eigenvalue weighted by atomic mass is 79.9. The normalized spacial score (nSPS) is 10.9. The van der Waals surface area contributed by atoms with Crippen LogP contribution in [0.2, 0.25) is 0 Å². The van der Waals surface area contributed by atoms with Gasteiger partial charge in [0, 0.05) is 29.4 Å². The van der Waals surface area contributed by atoms with Crippen molar-refractivity contribution < 1.29 is 13.6 Å². The fourth-order valence-corrected chi connectivity index (χ4v) is 4.74. The number of furan rings is 1. The van der Waals surface area contributed by atoms with E-state index in [9.17, 15) is 14.4 Å². The molecule has 0 fully saturated rings. The molecule has 0 unspecified atom stereocenters. The van der Waals surface area contributed by atoms with E-state index in [4.69, 9.17) is 4.42 Å². The van der Waals surface area contributed by atoms with Crippen molar-refractivity contribution in [3.05, 3.63) is 62.9 Å². The van der Waals surface area contributed by atoms with Crippen LogP contribution < -0.4 is 4.90 Å². The van der Waals surface area contributed by atoms with E-state index in [1.54, 1.807) is 24.1 Å². The van der Waals surface area contributed by atoms with Gasteiger partial charge in [-0.15, -0.1) is 0 Å². The minimum Gasteiger partial charge on any atom is -0.450 e. The zero-order chi connectivity index (χ0) is 21.6. The van der Waals surface area contributed by atoms with Crippen LogP contribution in [-0.2, 0) is 0 Å². The van der Waals surface area contributed by atoms with Gasteiger partial charge in [0.25, 0.3) is 0 Å². The van der Waals surface area contributed by atoms with Crippen molar-refractivity contribution >= 4 is 54.8 Å². The molecule has 0 aliphatic carbocycles. The summed E-state index contributed by atoms with van der Waals surface area (Å²) in [6, 6.07) is 11.8. The fourth-order valence-electron chi connectivity index (χ4n) is 3.31. The summed E-state index contributed by atoms with van der Waals surface area (Å²) in [4.78, 5) is 19.1. The van der Waals surface area contributed by atoms with E-state index in [0.717, 1.165) is 15.4 Å². The summed E-state index contributed by atoms with van der Waals surface area (Å²) < 4.78 is 20.1. The van der Waals surface area contributed by atoms with Gasteiger partial charge >= 0.3 is 0 Å². The highest BCUT2D eigenvalue weighted by Gasteiger charge is 2.26. The molecule has 2 heterocycles. The number of halogens is 2. The van der Waals surface area contributed by atoms with Crippen molar-refractivity contribution in [1.29, 1.82) is 5.26 Å². The number of carbonyl (C=O) groups is 1. The molecule has 0 amide bonds. The molecule has 0 aliphatic heterocycles. The summed E-state index contributed by atoms with van der Waals surface area (Å²) in [5, 5.41) is 10.9. The zero-order valence-corrected chi connectivity index (χ0v) is 18.7. The number of hydrogen-bond donors (Lipinski definition) is 0. The fraction of sp³-hybridized carbons (Fsp3) is 0.136. The molecule has 0 radical (unpaired) electrons. The van der Waals surface area contributed by atoms with E-state index in [0.29, 0.717) is 32.5 Å². The number of nitrogens with zero attached hydrogens (tertiary/aromatic N) is 3. The van der Waals surface area contributed by atoms with Gasteiger partial charge in [-0.1, -0.05) is 27.3 Å². The number of ketones is 1. The number of rotatable bonds is 4. The lowest BCUT2D eigenvalue weighted by Gasteiger charge is -2.15. The van der Waals surface area contributed by atoms with Crippen molar-refractivity contribution in [3.8, 4) is 17.3 Å². The number of aryl methyl sites for hydroxylation is 1. The molecule has 0 atom stereocenters. The first-order valence-corrected chi connectivity index (χ1v) is 10.5. The summed E-state index contributed by atoms with van der Waals surface area (Å²) in [6.45, 7) is 3.36. The molecule has 0 aliphatic rings. The molecule has 0 spiro atoms. The van der Waals surface area contributed by atoms with Gasteiger partial charge in [-0.05, 0) is 48.9 Å². The molecule has 0 saturated carbocycles. The number of aromatic nitrogens is 1. The largest absolute Gasteiger partial charge is 0.450 e. The van der Waals surface area contributed by atoms with Crippen LogP contribution >= 0.6 is 27.3 Å². The Hall–Kier alpha value is -3.02. The maximum absolute atomic E-state index is 13.3. The van der Waals surface area contributed by atoms with E-state index in [2.05, 4.69) is 27.0 Å². The van der Waals surface area contributed by atoms with Crippen LogP contribution in [0.25, 0.3) is 22.2 Å². The summed E-state index contributed by atoms with van der Waals surface area (Å²) in [6.07, 6.45) is 0. The van der Waals surface area contributed by atoms with Crippen LogP contribution in [0.1, 0.15) is 27.9 Å². The maximum Gasteiger partial charge on any atom is 0.197 e. The molecule has 0 N–H and O–H groups in total. The molecule has 2 aromatic heterocycles. The lowest BCUT2D eigenvalue weighted by molar-refractivity contribution is 0.0990. The van der Waals surface area contributed by atoms with E-state index < -0.39 is 0 Å². The second kappa shape index (κ2) is 7.67. The summed E-state index contributed by atoms with van der Waals surface area (Å²) in [5.74, 6) is -0.341. The van der Waals surface area contributed by atoms with Gasteiger partial charge < -0.3 is 9.32 Å². The zero-order valence-electron chi connectivity index (χ0n) is 16.3. The Morgan fingerprint density at radius 3 is 2.63 bits per heavy atom. The Labute approximate surface area is 184 Å². The number of thiazole rings is 1. The van der Waals surface area contributed by atoms with Gasteiger partial charge in [0.15, 0.2) is 16.7 Å². The Kier molecular flexibility index (Phi) is 5.18. The molecule has 5 nitrogen and oxygen atoms in total. The Balaban J connectivity index is 1.90. The number of carbonyl (C=O) groups excluding carboxylic acids is 1. The highest BCUT2D eigenvalue weighted by molar-refractivity contribution is 9.10. The van der Waals surface area contributed by atoms with Crippen molar-refractivity contribution in [2.45, 2.75) is 13.8 Å². The van der Waals surface area contributed by atoms with Gasteiger partial charge in [0.05, 0.1) is 0 Å². The second-order valence-corrected chi connectivity index (χ2v) is 8.68. The summed E-state index contributed by atoms with van der Waals surface area (Å²) in [5.41, 5.74) is 3.22. The third-order valence-corrected chi connectivity index (χ3v) is 6.19. The van der Waals surface area contributed by atoms with Gasteiger partial charge in [0.1, 0.15) is 33.7 Å². The van der Waals surface area contributed by atoms with Gasteiger partial charge in [0.2, 0.25) is 0 Å². The smallest absolute Gasteiger partial charge is 0.197 e. The van der Waals surface area contributed by atoms with Crippen LogP contribution in [0.5, 0.6) is 0 Å². The van der Waals surface area contributed by atoms with Gasteiger partial charge in [-0.2, -0.15) is 5.26 Å². The summed E-state index contributed by atoms with van der Waals surface area (Å²) >= 11 is 4.70. The van der Waals surface area contributed by atoms with Gasteiger partial charge in [-0.25, -0.2) is 9.37 Å². The minimum absolute atomic E-state index is 0.209. The highest BCUT2D eigenvalue weighted by Crippen LogP contribution is 2.42. The predicted molar refractivity (Wildman–Crippen MR) is 119 cm³/mol. The third kappa shape index (κ3) is 3.40. The molecule has 30 heavy (non-hydrogen) atoms. The molecule has 4 aromatic rings. The maximum atomic E-state index is 13.3. The molecule has 0 bridgehead atoms. The number of benzene rings is 2. The predicted octanol–water partition coefficient (Wildman–Crippen LogP) is 6.61. The van der Waals surface area contributed by atoms with Crippen molar-refractivity contribution in [2.75, 3.05) is 11.9 Å². The van der Waals surface area contributed by atoms with Gasteiger partial charge in [-0.3, -0.25) is 4.79 Å². The number of hydrogen-bond acceptors (Lipinski definition) is 6. The molecule has 0 saturated heterocycles. The van der Waals surface area contributed by atoms with Crippen LogP contribution in [-0.4, -0.2) is 17.8 Å². The number of anilines is 2. The van der Waals surface area contributed by atoms with Crippen LogP contribution in [0.15, 0.2) is 45.3 Å². The molecule has 2 aromatic carbocycles. The number of nitriles is 1. The minimum atomic E-state index is -0.359. The number of Topliss-reactive ketones (excluding diaryl/α,β-unsaturated/α-hetero) is 1. The molecular formula is C22H15BrFN3O2S. The Bertz CT molecular complexity index is 1340. The van der Waals surface area contributed by atoms with Crippen LogP contribution in [0.3, 0.4) is 0 Å². The van der Waals surface area contributed by atoms with Crippen molar-refractivity contribution in [3.63, 3.8) is 0 Å². The van der Waals surface area contributed by atoms with E-state index in [-0.39, 0.29) is 17.4 Å². The SMILES string of the molecule is CC(=O)c1oc2c(C)cc(Br)cc2c1N(C)c1nc(-c2ccc(F)cc2)c(C#N)s1. The first-order chi connectivity index (χ1) is 14.3. The lowest BCUT2D eigenvalue weighted by atomic mass is 10.1. The lowest BCUT2D eigenvalue weighted by Crippen LogP contribution is -2.11.